The van der Waals surface area contributed by atoms with Gasteiger partial charge in [0, 0.05) is 29.5 Å². The molecule has 0 saturated heterocycles. The second-order valence-electron chi connectivity index (χ2n) is 7.72. The molecule has 3 aromatic carbocycles. The molecule has 38 heavy (non-hydrogen) atoms. The fraction of sp³-hybridized carbons (Fsp3) is 0.0833. The number of amides is 3. The Kier molecular flexibility index (Phi) is 8.16. The number of imide groups is 1. The van der Waals surface area contributed by atoms with Crippen LogP contribution < -0.4 is 4.74 Å². The standard InChI is InChI=1S/C24H13Br4N3O7/c1-38-12-6-4-5-11(9-12)15(32)10-29(22(33)13-7-2-3-8-14(13)31(36)37)30-23(34)16-17(24(30)35)19(26)21(28)20(27)18(16)25/h2-9H,10H2,1H3. The zero-order valence-corrected chi connectivity index (χ0v) is 25.4. The number of benzene rings is 3. The maximum absolute atomic E-state index is 13.7. The number of halogens is 4. The fourth-order valence-corrected chi connectivity index (χ4v) is 6.22. The summed E-state index contributed by atoms with van der Waals surface area (Å²) in [4.78, 5) is 65.2. The van der Waals surface area contributed by atoms with E-state index in [9.17, 15) is 29.3 Å². The quantitative estimate of drug-likeness (QED) is 0.0700. The molecule has 0 radical (unpaired) electrons. The Labute approximate surface area is 248 Å². The van der Waals surface area contributed by atoms with Crippen LogP contribution in [0.2, 0.25) is 0 Å². The van der Waals surface area contributed by atoms with E-state index in [4.69, 9.17) is 4.74 Å². The Hall–Kier alpha value is -2.94. The van der Waals surface area contributed by atoms with Crippen molar-refractivity contribution in [2.24, 2.45) is 0 Å². The van der Waals surface area contributed by atoms with Crippen LogP contribution in [-0.4, -0.2) is 52.1 Å². The number of Topliss-reactive ketones (excluding diaryl/α,β-unsaturated/α-hetero) is 1. The van der Waals surface area contributed by atoms with Crippen LogP contribution in [-0.2, 0) is 0 Å². The second kappa shape index (κ2) is 11.0. The predicted molar refractivity (Wildman–Crippen MR) is 149 cm³/mol. The van der Waals surface area contributed by atoms with Gasteiger partial charge in [0.2, 0.25) is 0 Å². The van der Waals surface area contributed by atoms with E-state index in [0.29, 0.717) is 24.7 Å². The Morgan fingerprint density at radius 1 is 0.921 bits per heavy atom. The topological polar surface area (TPSA) is 127 Å². The molecule has 3 amide bonds. The van der Waals surface area contributed by atoms with Crippen LogP contribution in [0.1, 0.15) is 41.4 Å². The number of hydrogen-bond donors (Lipinski definition) is 0. The summed E-state index contributed by atoms with van der Waals surface area (Å²) >= 11 is 13.3. The smallest absolute Gasteiger partial charge is 0.282 e. The third kappa shape index (κ3) is 4.81. The number of nitro groups is 1. The van der Waals surface area contributed by atoms with Gasteiger partial charge >= 0.3 is 0 Å². The van der Waals surface area contributed by atoms with Gasteiger partial charge in [-0.05, 0) is 81.9 Å². The number of methoxy groups -OCH3 is 1. The van der Waals surface area contributed by atoms with Gasteiger partial charge < -0.3 is 4.74 Å². The number of rotatable bonds is 7. The first-order valence-corrected chi connectivity index (χ1v) is 13.6. The van der Waals surface area contributed by atoms with E-state index in [1.165, 1.54) is 37.4 Å². The molecule has 0 spiro atoms. The van der Waals surface area contributed by atoms with Crippen LogP contribution in [0.5, 0.6) is 5.75 Å². The molecule has 0 fully saturated rings. The zero-order chi connectivity index (χ0) is 27.9. The van der Waals surface area contributed by atoms with E-state index < -0.39 is 46.2 Å². The minimum atomic E-state index is -1.09. The summed E-state index contributed by atoms with van der Waals surface area (Å²) in [7, 11) is 1.42. The molecule has 0 atom stereocenters. The molecule has 14 heteroatoms. The largest absolute Gasteiger partial charge is 0.497 e. The van der Waals surface area contributed by atoms with Crippen LogP contribution in [0.4, 0.5) is 5.69 Å². The van der Waals surface area contributed by atoms with Crippen molar-refractivity contribution in [2.45, 2.75) is 0 Å². The van der Waals surface area contributed by atoms with E-state index in [0.717, 1.165) is 6.07 Å². The average Bonchev–Trinajstić information content (AvgIpc) is 3.18. The summed E-state index contributed by atoms with van der Waals surface area (Å²) in [5.74, 6) is -3.18. The number of ether oxygens (including phenoxy) is 1. The third-order valence-electron chi connectivity index (χ3n) is 5.57. The Morgan fingerprint density at radius 2 is 1.50 bits per heavy atom. The number of carbonyl (C=O) groups excluding carboxylic acids is 4. The van der Waals surface area contributed by atoms with Gasteiger partial charge in [0.05, 0.1) is 23.2 Å². The van der Waals surface area contributed by atoms with Crippen LogP contribution in [0.3, 0.4) is 0 Å². The molecule has 10 nitrogen and oxygen atoms in total. The Bertz CT molecular complexity index is 1510. The first-order valence-electron chi connectivity index (χ1n) is 10.5. The van der Waals surface area contributed by atoms with E-state index >= 15 is 0 Å². The molecule has 0 saturated carbocycles. The van der Waals surface area contributed by atoms with Gasteiger partial charge in [-0.3, -0.25) is 29.3 Å². The van der Waals surface area contributed by atoms with Gasteiger partial charge in [-0.25, -0.2) is 5.01 Å². The lowest BCUT2D eigenvalue weighted by molar-refractivity contribution is -0.385. The maximum atomic E-state index is 13.7. The summed E-state index contributed by atoms with van der Waals surface area (Å²) in [6.45, 7) is -0.777. The monoisotopic (exact) mass is 771 g/mol. The molecule has 3 aromatic rings. The highest BCUT2D eigenvalue weighted by Gasteiger charge is 2.46. The van der Waals surface area contributed by atoms with Gasteiger partial charge in [0.15, 0.2) is 5.78 Å². The Morgan fingerprint density at radius 3 is 2.05 bits per heavy atom. The molecule has 4 rings (SSSR count). The van der Waals surface area contributed by atoms with Crippen LogP contribution >= 0.6 is 63.7 Å². The zero-order valence-electron chi connectivity index (χ0n) is 19.0. The molecule has 1 aliphatic rings. The number of carbonyl (C=O) groups is 4. The van der Waals surface area contributed by atoms with Crippen LogP contribution in [0, 0.1) is 10.1 Å². The van der Waals surface area contributed by atoms with Crippen molar-refractivity contribution >= 4 is 92.9 Å². The van der Waals surface area contributed by atoms with Gasteiger partial charge in [0.1, 0.15) is 17.9 Å². The summed E-state index contributed by atoms with van der Waals surface area (Å²) in [5.41, 5.74) is -0.958. The number of hydrazine groups is 1. The van der Waals surface area contributed by atoms with E-state index in [-0.39, 0.29) is 25.6 Å². The SMILES string of the molecule is COc1cccc(C(=O)CN(C(=O)c2ccccc2[N+](=O)[O-])N2C(=O)c3c(Br)c(Br)c(Br)c(Br)c3C2=O)c1. The van der Waals surface area contributed by atoms with E-state index in [1.807, 2.05) is 0 Å². The molecule has 0 N–H and O–H groups in total. The summed E-state index contributed by atoms with van der Waals surface area (Å²) < 4.78 is 6.47. The predicted octanol–water partition coefficient (Wildman–Crippen LogP) is 6.19. The van der Waals surface area contributed by atoms with Crippen LogP contribution in [0.15, 0.2) is 66.4 Å². The highest BCUT2D eigenvalue weighted by molar-refractivity contribution is 9.15. The summed E-state index contributed by atoms with van der Waals surface area (Å²) in [6, 6.07) is 11.1. The first-order chi connectivity index (χ1) is 18.0. The van der Waals surface area contributed by atoms with Gasteiger partial charge in [-0.1, -0.05) is 24.3 Å². The molecule has 1 aliphatic heterocycles. The highest BCUT2D eigenvalue weighted by Crippen LogP contribution is 2.45. The van der Waals surface area contributed by atoms with Crippen molar-refractivity contribution < 1.29 is 28.8 Å². The average molecular weight is 775 g/mol. The van der Waals surface area contributed by atoms with Gasteiger partial charge in [0.25, 0.3) is 23.4 Å². The normalized spacial score (nSPS) is 12.4. The van der Waals surface area contributed by atoms with Gasteiger partial charge in [-0.15, -0.1) is 0 Å². The lowest BCUT2D eigenvalue weighted by Gasteiger charge is -2.29. The molecule has 0 aromatic heterocycles. The Balaban J connectivity index is 1.86. The number of nitrogens with zero attached hydrogens (tertiary/aromatic N) is 3. The first kappa shape index (κ1) is 28.1. The maximum Gasteiger partial charge on any atom is 0.282 e. The number of hydrogen-bond acceptors (Lipinski definition) is 7. The minimum absolute atomic E-state index is 0.0638. The number of fused-ring (bicyclic) bond motifs is 1. The summed E-state index contributed by atoms with van der Waals surface area (Å²) in [6.07, 6.45) is 0. The molecular formula is C24H13Br4N3O7. The van der Waals surface area contributed by atoms with E-state index in [2.05, 4.69) is 63.7 Å². The van der Waals surface area contributed by atoms with Crippen molar-refractivity contribution in [1.29, 1.82) is 0 Å². The molecule has 0 bridgehead atoms. The highest BCUT2D eigenvalue weighted by atomic mass is 79.9. The number of ketones is 1. The number of nitro benzene ring substituents is 1. The lowest BCUT2D eigenvalue weighted by atomic mass is 10.1. The molecule has 0 aliphatic carbocycles. The lowest BCUT2D eigenvalue weighted by Crippen LogP contribution is -2.51. The molecular weight excluding hydrogens is 762 g/mol. The van der Waals surface area contributed by atoms with Crippen LogP contribution in [0.25, 0.3) is 0 Å². The van der Waals surface area contributed by atoms with Crippen molar-refractivity contribution in [1.82, 2.24) is 10.0 Å². The minimum Gasteiger partial charge on any atom is -0.497 e. The van der Waals surface area contributed by atoms with Crippen molar-refractivity contribution in [3.8, 4) is 5.75 Å². The number of para-hydroxylation sites is 1. The fourth-order valence-electron chi connectivity index (χ4n) is 3.77. The van der Waals surface area contributed by atoms with Gasteiger partial charge in [-0.2, -0.15) is 5.01 Å². The summed E-state index contributed by atoms with van der Waals surface area (Å²) in [5, 5.41) is 12.8. The third-order valence-corrected chi connectivity index (χ3v) is 10.3. The van der Waals surface area contributed by atoms with Crippen molar-refractivity contribution in [3.63, 3.8) is 0 Å². The molecule has 1 heterocycles. The molecule has 194 valence electrons. The second-order valence-corrected chi connectivity index (χ2v) is 10.9. The van der Waals surface area contributed by atoms with Crippen molar-refractivity contribution in [2.75, 3.05) is 13.7 Å². The van der Waals surface area contributed by atoms with Crippen molar-refractivity contribution in [3.05, 3.63) is 98.8 Å². The van der Waals surface area contributed by atoms with E-state index in [1.54, 1.807) is 12.1 Å². The molecule has 0 unspecified atom stereocenters.